The summed E-state index contributed by atoms with van der Waals surface area (Å²) in [6.45, 7) is 3.88. The molecule has 1 aromatic carbocycles. The van der Waals surface area contributed by atoms with E-state index in [2.05, 4.69) is 38.8 Å². The van der Waals surface area contributed by atoms with Crippen LogP contribution in [0.4, 0.5) is 0 Å². The molecule has 0 fully saturated rings. The molecule has 2 rings (SSSR count). The molecule has 0 radical (unpaired) electrons. The van der Waals surface area contributed by atoms with E-state index < -0.39 is 0 Å². The van der Waals surface area contributed by atoms with Crippen molar-refractivity contribution in [1.29, 1.82) is 0 Å². The predicted octanol–water partition coefficient (Wildman–Crippen LogP) is 2.64. The summed E-state index contributed by atoms with van der Waals surface area (Å²) in [4.78, 5) is 4.26. The molecule has 2 aromatic rings. The zero-order valence-electron chi connectivity index (χ0n) is 13.5. The maximum Gasteiger partial charge on any atom is 0.191 e. The number of hydrogen-bond acceptors (Lipinski definition) is 3. The van der Waals surface area contributed by atoms with Crippen molar-refractivity contribution in [3.05, 3.63) is 47.5 Å². The van der Waals surface area contributed by atoms with E-state index in [-0.39, 0.29) is 6.04 Å². The van der Waals surface area contributed by atoms with E-state index in [1.165, 1.54) is 0 Å². The van der Waals surface area contributed by atoms with Gasteiger partial charge in [0.15, 0.2) is 5.96 Å². The minimum Gasteiger partial charge on any atom is -0.356 e. The van der Waals surface area contributed by atoms with Crippen LogP contribution in [0, 0.1) is 0 Å². The highest BCUT2D eigenvalue weighted by molar-refractivity contribution is 6.30. The van der Waals surface area contributed by atoms with Crippen LogP contribution in [0.25, 0.3) is 0 Å². The number of halogens is 1. The van der Waals surface area contributed by atoms with Gasteiger partial charge in [-0.1, -0.05) is 23.7 Å². The third-order valence-corrected chi connectivity index (χ3v) is 3.76. The Bertz CT molecular complexity index is 611. The lowest BCUT2D eigenvalue weighted by Gasteiger charge is -2.18. The van der Waals surface area contributed by atoms with Crippen molar-refractivity contribution in [3.63, 3.8) is 0 Å². The largest absolute Gasteiger partial charge is 0.356 e. The molecule has 1 aromatic heterocycles. The molecular weight excluding hydrogens is 312 g/mol. The molecule has 6 nitrogen and oxygen atoms in total. The predicted molar refractivity (Wildman–Crippen MR) is 93.6 cm³/mol. The van der Waals surface area contributed by atoms with Gasteiger partial charge in [0.05, 0.1) is 6.04 Å². The molecular formula is C16H23ClN6. The molecule has 124 valence electrons. The molecule has 0 spiro atoms. The number of nitrogens with one attached hydrogen (secondary N) is 2. The van der Waals surface area contributed by atoms with E-state index in [1.54, 1.807) is 19.7 Å². The van der Waals surface area contributed by atoms with Crippen molar-refractivity contribution in [2.75, 3.05) is 13.6 Å². The van der Waals surface area contributed by atoms with E-state index in [0.29, 0.717) is 0 Å². The maximum atomic E-state index is 6.04. The highest BCUT2D eigenvalue weighted by Crippen LogP contribution is 2.17. The number of benzene rings is 1. The van der Waals surface area contributed by atoms with Gasteiger partial charge in [-0.25, -0.2) is 0 Å². The van der Waals surface area contributed by atoms with Crippen molar-refractivity contribution in [3.8, 4) is 0 Å². The van der Waals surface area contributed by atoms with E-state index in [0.717, 1.165) is 42.5 Å². The minimum atomic E-state index is 0.136. The number of rotatable bonds is 7. The van der Waals surface area contributed by atoms with Crippen LogP contribution in [0.15, 0.2) is 41.9 Å². The topological polar surface area (TPSA) is 67.1 Å². The molecule has 0 bridgehead atoms. The fourth-order valence-corrected chi connectivity index (χ4v) is 2.42. The monoisotopic (exact) mass is 334 g/mol. The van der Waals surface area contributed by atoms with Crippen molar-refractivity contribution in [1.82, 2.24) is 25.4 Å². The quantitative estimate of drug-likeness (QED) is 0.464. The summed E-state index contributed by atoms with van der Waals surface area (Å²) in [7, 11) is 1.77. The Kier molecular flexibility index (Phi) is 6.87. The molecule has 0 aliphatic rings. The highest BCUT2D eigenvalue weighted by Gasteiger charge is 2.07. The molecule has 0 saturated carbocycles. The molecule has 0 amide bonds. The molecule has 1 unspecified atom stereocenters. The van der Waals surface area contributed by atoms with Gasteiger partial charge >= 0.3 is 0 Å². The smallest absolute Gasteiger partial charge is 0.191 e. The fourth-order valence-electron chi connectivity index (χ4n) is 2.22. The average molecular weight is 335 g/mol. The molecule has 0 aliphatic heterocycles. The van der Waals surface area contributed by atoms with Crippen molar-refractivity contribution in [2.24, 2.45) is 4.99 Å². The third kappa shape index (κ3) is 5.90. The summed E-state index contributed by atoms with van der Waals surface area (Å²) in [6, 6.07) is 7.98. The molecule has 7 heteroatoms. The molecule has 2 N–H and O–H groups in total. The van der Waals surface area contributed by atoms with Crippen LogP contribution in [-0.4, -0.2) is 34.3 Å². The zero-order chi connectivity index (χ0) is 16.5. The van der Waals surface area contributed by atoms with E-state index >= 15 is 0 Å². The zero-order valence-corrected chi connectivity index (χ0v) is 14.3. The van der Waals surface area contributed by atoms with Gasteiger partial charge in [0, 0.05) is 25.2 Å². The lowest BCUT2D eigenvalue weighted by molar-refractivity contribution is 0.593. The second-order valence-electron chi connectivity index (χ2n) is 5.33. The number of aliphatic imine (C=N–C) groups is 1. The van der Waals surface area contributed by atoms with Crippen LogP contribution in [-0.2, 0) is 6.54 Å². The number of nitrogens with zero attached hydrogens (tertiary/aromatic N) is 4. The normalized spacial score (nSPS) is 12.9. The van der Waals surface area contributed by atoms with Crippen molar-refractivity contribution >= 4 is 17.6 Å². The van der Waals surface area contributed by atoms with E-state index in [9.17, 15) is 0 Å². The van der Waals surface area contributed by atoms with Gasteiger partial charge in [0.2, 0.25) is 0 Å². The number of guanidine groups is 1. The van der Waals surface area contributed by atoms with Gasteiger partial charge in [-0.15, -0.1) is 10.2 Å². The Morgan fingerprint density at radius 2 is 2.09 bits per heavy atom. The number of aryl methyl sites for hydroxylation is 1. The fraction of sp³-hybridized carbons (Fsp3) is 0.438. The molecule has 0 saturated heterocycles. The van der Waals surface area contributed by atoms with Crippen LogP contribution in [0.5, 0.6) is 0 Å². The Morgan fingerprint density at radius 3 is 2.78 bits per heavy atom. The van der Waals surface area contributed by atoms with Crippen LogP contribution < -0.4 is 10.6 Å². The number of hydrogen-bond donors (Lipinski definition) is 2. The van der Waals surface area contributed by atoms with Crippen LogP contribution in [0.1, 0.15) is 31.4 Å². The maximum absolute atomic E-state index is 6.04. The number of aromatic nitrogens is 3. The van der Waals surface area contributed by atoms with E-state index in [1.807, 2.05) is 22.8 Å². The lowest BCUT2D eigenvalue weighted by Crippen LogP contribution is -2.39. The number of unbranched alkanes of at least 4 members (excludes halogenated alkanes) is 1. The second kappa shape index (κ2) is 9.15. The Hall–Kier alpha value is -2.08. The van der Waals surface area contributed by atoms with Gasteiger partial charge in [0.1, 0.15) is 12.7 Å². The molecule has 23 heavy (non-hydrogen) atoms. The summed E-state index contributed by atoms with van der Waals surface area (Å²) < 4.78 is 1.98. The third-order valence-electron chi connectivity index (χ3n) is 3.53. The first-order chi connectivity index (χ1) is 11.2. The van der Waals surface area contributed by atoms with Crippen LogP contribution in [0.3, 0.4) is 0 Å². The van der Waals surface area contributed by atoms with E-state index in [4.69, 9.17) is 11.6 Å². The van der Waals surface area contributed by atoms with Crippen molar-refractivity contribution in [2.45, 2.75) is 32.4 Å². The van der Waals surface area contributed by atoms with Gasteiger partial charge in [0.25, 0.3) is 0 Å². The van der Waals surface area contributed by atoms with Gasteiger partial charge in [-0.05, 0) is 37.5 Å². The van der Waals surface area contributed by atoms with Gasteiger partial charge in [-0.3, -0.25) is 4.99 Å². The van der Waals surface area contributed by atoms with Gasteiger partial charge < -0.3 is 15.2 Å². The first-order valence-corrected chi connectivity index (χ1v) is 8.12. The Balaban J connectivity index is 1.70. The second-order valence-corrected chi connectivity index (χ2v) is 5.76. The summed E-state index contributed by atoms with van der Waals surface area (Å²) >= 11 is 6.04. The van der Waals surface area contributed by atoms with Crippen molar-refractivity contribution < 1.29 is 0 Å². The Labute approximate surface area is 142 Å². The molecule has 1 heterocycles. The average Bonchev–Trinajstić information content (AvgIpc) is 3.06. The highest BCUT2D eigenvalue weighted by atomic mass is 35.5. The van der Waals surface area contributed by atoms with Crippen LogP contribution >= 0.6 is 11.6 Å². The Morgan fingerprint density at radius 1 is 1.30 bits per heavy atom. The molecule has 0 aliphatic carbocycles. The first kappa shape index (κ1) is 17.3. The lowest BCUT2D eigenvalue weighted by atomic mass is 10.1. The summed E-state index contributed by atoms with van der Waals surface area (Å²) in [6.07, 6.45) is 5.58. The SMILES string of the molecule is CN=C(NCCCCn1cnnc1)NC(C)c1cccc(Cl)c1. The standard InChI is InChI=1S/C16H23ClN6/c1-13(14-6-5-7-15(17)10-14)22-16(18-2)19-8-3-4-9-23-11-20-21-12-23/h5-7,10-13H,3-4,8-9H2,1-2H3,(H2,18,19,22). The molecule has 1 atom stereocenters. The first-order valence-electron chi connectivity index (χ1n) is 7.74. The van der Waals surface area contributed by atoms with Gasteiger partial charge in [-0.2, -0.15) is 0 Å². The van der Waals surface area contributed by atoms with Crippen LogP contribution in [0.2, 0.25) is 5.02 Å². The summed E-state index contributed by atoms with van der Waals surface area (Å²) in [5, 5.41) is 15.0. The minimum absolute atomic E-state index is 0.136. The summed E-state index contributed by atoms with van der Waals surface area (Å²) in [5.74, 6) is 0.793. The summed E-state index contributed by atoms with van der Waals surface area (Å²) in [5.41, 5.74) is 1.13.